The number of hydrogen-bond acceptors (Lipinski definition) is 4. The molecule has 0 unspecified atom stereocenters. The molecule has 0 aromatic heterocycles. The second-order valence-corrected chi connectivity index (χ2v) is 7.78. The summed E-state index contributed by atoms with van der Waals surface area (Å²) in [6.07, 6.45) is 1.82. The Bertz CT molecular complexity index is 864. The molecule has 0 N–H and O–H groups in total. The Morgan fingerprint density at radius 3 is 2.71 bits per heavy atom. The first kappa shape index (κ1) is 17.2. The monoisotopic (exact) mass is 419 g/mol. The van der Waals surface area contributed by atoms with Crippen LogP contribution in [0, 0.1) is 6.92 Å². The summed E-state index contributed by atoms with van der Waals surface area (Å²) in [6, 6.07) is 13.4. The van der Waals surface area contributed by atoms with Crippen molar-refractivity contribution in [1.29, 1.82) is 0 Å². The second-order valence-electron chi connectivity index (χ2n) is 5.19. The van der Waals surface area contributed by atoms with Crippen molar-refractivity contribution in [3.8, 4) is 5.75 Å². The predicted molar refractivity (Wildman–Crippen MR) is 108 cm³/mol. The Morgan fingerprint density at radius 1 is 1.25 bits per heavy atom. The van der Waals surface area contributed by atoms with Crippen molar-refractivity contribution < 1.29 is 9.53 Å². The van der Waals surface area contributed by atoms with E-state index in [2.05, 4.69) is 15.9 Å². The number of rotatable bonds is 3. The summed E-state index contributed by atoms with van der Waals surface area (Å²) in [5.74, 6) is 0.598. The van der Waals surface area contributed by atoms with Gasteiger partial charge in [0.1, 0.15) is 5.75 Å². The predicted octanol–water partition coefficient (Wildman–Crippen LogP) is 5.17. The van der Waals surface area contributed by atoms with E-state index in [1.54, 1.807) is 12.0 Å². The fourth-order valence-corrected chi connectivity index (χ4v) is 4.10. The number of methoxy groups -OCH3 is 1. The number of aryl methyl sites for hydroxylation is 1. The van der Waals surface area contributed by atoms with Gasteiger partial charge in [-0.2, -0.15) is 0 Å². The maximum Gasteiger partial charge on any atom is 0.270 e. The van der Waals surface area contributed by atoms with Crippen LogP contribution in [0.1, 0.15) is 11.1 Å². The van der Waals surface area contributed by atoms with E-state index in [1.807, 2.05) is 55.5 Å². The standard InChI is InChI=1S/C18H14BrNO2S2/c1-11-5-3-4-6-14(11)20-17(21)16(24-18(20)23)10-12-9-13(19)7-8-15(12)22-2/h3-10H,1-2H3/b16-10+. The Labute approximate surface area is 158 Å². The molecule has 0 atom stereocenters. The molecule has 0 aliphatic carbocycles. The molecule has 1 amide bonds. The zero-order chi connectivity index (χ0) is 17.3. The van der Waals surface area contributed by atoms with Crippen molar-refractivity contribution >= 4 is 61.9 Å². The second kappa shape index (κ2) is 7.09. The van der Waals surface area contributed by atoms with Gasteiger partial charge < -0.3 is 4.74 Å². The molecule has 1 heterocycles. The first-order valence-electron chi connectivity index (χ1n) is 7.18. The van der Waals surface area contributed by atoms with Crippen LogP contribution in [0.5, 0.6) is 5.75 Å². The number of hydrogen-bond donors (Lipinski definition) is 0. The highest BCUT2D eigenvalue weighted by Gasteiger charge is 2.34. The van der Waals surface area contributed by atoms with Crippen molar-refractivity contribution in [3.63, 3.8) is 0 Å². The zero-order valence-corrected chi connectivity index (χ0v) is 16.3. The maximum atomic E-state index is 12.9. The van der Waals surface area contributed by atoms with Gasteiger partial charge in [-0.15, -0.1) is 0 Å². The van der Waals surface area contributed by atoms with Crippen LogP contribution in [0.15, 0.2) is 51.8 Å². The highest BCUT2D eigenvalue weighted by Crippen LogP contribution is 2.38. The van der Waals surface area contributed by atoms with Crippen LogP contribution in [0.2, 0.25) is 0 Å². The lowest BCUT2D eigenvalue weighted by atomic mass is 10.1. The highest BCUT2D eigenvalue weighted by molar-refractivity contribution is 9.10. The van der Waals surface area contributed by atoms with E-state index < -0.39 is 0 Å². The van der Waals surface area contributed by atoms with Crippen LogP contribution in [0.25, 0.3) is 6.08 Å². The summed E-state index contributed by atoms with van der Waals surface area (Å²) in [6.45, 7) is 1.97. The third-order valence-electron chi connectivity index (χ3n) is 3.63. The van der Waals surface area contributed by atoms with E-state index in [4.69, 9.17) is 17.0 Å². The van der Waals surface area contributed by atoms with E-state index in [-0.39, 0.29) is 5.91 Å². The maximum absolute atomic E-state index is 12.9. The van der Waals surface area contributed by atoms with Crippen molar-refractivity contribution in [2.75, 3.05) is 12.0 Å². The molecule has 6 heteroatoms. The lowest BCUT2D eigenvalue weighted by Gasteiger charge is -2.16. The lowest BCUT2D eigenvalue weighted by Crippen LogP contribution is -2.28. The van der Waals surface area contributed by atoms with Crippen molar-refractivity contribution in [2.24, 2.45) is 0 Å². The van der Waals surface area contributed by atoms with Crippen LogP contribution in [-0.4, -0.2) is 17.3 Å². The molecule has 0 saturated carbocycles. The highest BCUT2D eigenvalue weighted by atomic mass is 79.9. The van der Waals surface area contributed by atoms with Gasteiger partial charge in [-0.1, -0.05) is 58.1 Å². The summed E-state index contributed by atoms with van der Waals surface area (Å²) in [5, 5.41) is 0. The Hall–Kier alpha value is -1.63. The van der Waals surface area contributed by atoms with Gasteiger partial charge in [0.25, 0.3) is 5.91 Å². The van der Waals surface area contributed by atoms with Crippen molar-refractivity contribution in [1.82, 2.24) is 0 Å². The van der Waals surface area contributed by atoms with Gasteiger partial charge in [-0.3, -0.25) is 9.69 Å². The van der Waals surface area contributed by atoms with Gasteiger partial charge in [-0.05, 0) is 42.8 Å². The first-order valence-corrected chi connectivity index (χ1v) is 9.20. The summed E-state index contributed by atoms with van der Waals surface area (Å²) in [4.78, 5) is 15.0. The average Bonchev–Trinajstić information content (AvgIpc) is 2.82. The van der Waals surface area contributed by atoms with Gasteiger partial charge >= 0.3 is 0 Å². The molecule has 24 heavy (non-hydrogen) atoms. The van der Waals surface area contributed by atoms with E-state index >= 15 is 0 Å². The molecular formula is C18H14BrNO2S2. The number of thiocarbonyl (C=S) groups is 1. The van der Waals surface area contributed by atoms with Crippen LogP contribution >= 0.6 is 39.9 Å². The van der Waals surface area contributed by atoms with E-state index in [0.29, 0.717) is 15.0 Å². The average molecular weight is 420 g/mol. The molecule has 3 nitrogen and oxygen atoms in total. The number of nitrogens with zero attached hydrogens (tertiary/aromatic N) is 1. The largest absolute Gasteiger partial charge is 0.496 e. The van der Waals surface area contributed by atoms with Crippen molar-refractivity contribution in [3.05, 3.63) is 63.0 Å². The molecular weight excluding hydrogens is 406 g/mol. The number of halogens is 1. The molecule has 3 rings (SSSR count). The zero-order valence-electron chi connectivity index (χ0n) is 13.1. The minimum atomic E-state index is -0.110. The fourth-order valence-electron chi connectivity index (χ4n) is 2.45. The first-order chi connectivity index (χ1) is 11.5. The summed E-state index contributed by atoms with van der Waals surface area (Å²) in [5.41, 5.74) is 2.66. The molecule has 2 aromatic rings. The van der Waals surface area contributed by atoms with Gasteiger partial charge in [0, 0.05) is 10.0 Å². The van der Waals surface area contributed by atoms with E-state index in [9.17, 15) is 4.79 Å². The molecule has 122 valence electrons. The molecule has 1 aliphatic heterocycles. The number of ether oxygens (including phenoxy) is 1. The molecule has 1 saturated heterocycles. The minimum absolute atomic E-state index is 0.110. The number of carbonyl (C=O) groups excluding carboxylic acids is 1. The van der Waals surface area contributed by atoms with Crippen LogP contribution < -0.4 is 9.64 Å². The van der Waals surface area contributed by atoms with Gasteiger partial charge in [0.15, 0.2) is 4.32 Å². The molecule has 2 aromatic carbocycles. The van der Waals surface area contributed by atoms with Gasteiger partial charge in [-0.25, -0.2) is 0 Å². The summed E-state index contributed by atoms with van der Waals surface area (Å²) < 4.78 is 6.83. The number of amides is 1. The van der Waals surface area contributed by atoms with Crippen molar-refractivity contribution in [2.45, 2.75) is 6.92 Å². The number of benzene rings is 2. The summed E-state index contributed by atoms with van der Waals surface area (Å²) in [7, 11) is 1.61. The number of carbonyl (C=O) groups is 1. The third-order valence-corrected chi connectivity index (χ3v) is 5.42. The molecule has 1 fully saturated rings. The normalized spacial score (nSPS) is 16.1. The summed E-state index contributed by atoms with van der Waals surface area (Å²) >= 11 is 10.2. The van der Waals surface area contributed by atoms with Gasteiger partial charge in [0.05, 0.1) is 17.7 Å². The smallest absolute Gasteiger partial charge is 0.270 e. The SMILES string of the molecule is COc1ccc(Br)cc1/C=C1/SC(=S)N(c2ccccc2C)C1=O. The van der Waals surface area contributed by atoms with Crippen LogP contribution in [-0.2, 0) is 4.79 Å². The Morgan fingerprint density at radius 2 is 2.00 bits per heavy atom. The number of anilines is 1. The Balaban J connectivity index is 2.01. The van der Waals surface area contributed by atoms with Gasteiger partial charge in [0.2, 0.25) is 0 Å². The van der Waals surface area contributed by atoms with Crippen LogP contribution in [0.3, 0.4) is 0 Å². The number of para-hydroxylation sites is 1. The molecule has 0 radical (unpaired) electrons. The number of thioether (sulfide) groups is 1. The third kappa shape index (κ3) is 3.27. The molecule has 0 spiro atoms. The van der Waals surface area contributed by atoms with Crippen LogP contribution in [0.4, 0.5) is 5.69 Å². The molecule has 0 bridgehead atoms. The topological polar surface area (TPSA) is 29.5 Å². The Kier molecular flexibility index (Phi) is 5.08. The minimum Gasteiger partial charge on any atom is -0.496 e. The molecule has 1 aliphatic rings. The fraction of sp³-hybridized carbons (Fsp3) is 0.111. The quantitative estimate of drug-likeness (QED) is 0.506. The lowest BCUT2D eigenvalue weighted by molar-refractivity contribution is -0.113. The van der Waals surface area contributed by atoms with E-state index in [1.165, 1.54) is 11.8 Å². The van der Waals surface area contributed by atoms with E-state index in [0.717, 1.165) is 21.3 Å².